The Labute approximate surface area is 195 Å². The number of hydrogen-bond acceptors (Lipinski definition) is 12. The number of carbonyl (C=O) groups excluding carboxylic acids is 3. The molecule has 0 unspecified atom stereocenters. The van der Waals surface area contributed by atoms with Gasteiger partial charge < -0.3 is 24.1 Å². The summed E-state index contributed by atoms with van der Waals surface area (Å²) < 4.78 is 24.1. The van der Waals surface area contributed by atoms with E-state index < -0.39 is 59.7 Å². The van der Waals surface area contributed by atoms with Crippen LogP contribution >= 0.6 is 0 Å². The summed E-state index contributed by atoms with van der Waals surface area (Å²) in [6.07, 6.45) is -2.08. The summed E-state index contributed by atoms with van der Waals surface area (Å²) in [4.78, 5) is 71.0. The van der Waals surface area contributed by atoms with Crippen molar-refractivity contribution in [2.45, 2.75) is 45.3 Å². The molecule has 184 valence electrons. The molecule has 35 heavy (non-hydrogen) atoms. The second-order valence-corrected chi connectivity index (χ2v) is 7.56. The first-order chi connectivity index (χ1) is 16.6. The van der Waals surface area contributed by atoms with Crippen LogP contribution in [0.4, 0.5) is 0 Å². The van der Waals surface area contributed by atoms with Crippen molar-refractivity contribution in [1.29, 1.82) is 0 Å². The van der Waals surface area contributed by atoms with Crippen molar-refractivity contribution < 1.29 is 43.2 Å². The first-order valence-corrected chi connectivity index (χ1v) is 10.2. The highest BCUT2D eigenvalue weighted by molar-refractivity contribution is 5.89. The number of imidazole rings is 1. The van der Waals surface area contributed by atoms with E-state index in [1.165, 1.54) is 17.8 Å². The molecule has 0 aliphatic carbocycles. The minimum absolute atomic E-state index is 0.0605. The Bertz CT molecular complexity index is 1410. The van der Waals surface area contributed by atoms with Crippen molar-refractivity contribution in [3.63, 3.8) is 0 Å². The summed E-state index contributed by atoms with van der Waals surface area (Å²) in [6, 6.07) is 0.847. The van der Waals surface area contributed by atoms with Crippen LogP contribution in [0.1, 0.15) is 37.5 Å². The number of carboxylic acid groups (broad SMARTS) is 1. The van der Waals surface area contributed by atoms with Crippen molar-refractivity contribution >= 4 is 40.7 Å². The van der Waals surface area contributed by atoms with E-state index in [0.29, 0.717) is 0 Å². The lowest BCUT2D eigenvalue weighted by Crippen LogP contribution is -2.40. The number of hydrogen-bond donors (Lipinski definition) is 1. The van der Waals surface area contributed by atoms with E-state index in [1.54, 1.807) is 0 Å². The van der Waals surface area contributed by atoms with Gasteiger partial charge in [-0.3, -0.25) is 23.7 Å². The largest absolute Gasteiger partial charge is 0.477 e. The van der Waals surface area contributed by atoms with Crippen LogP contribution in [-0.4, -0.2) is 77.8 Å². The molecule has 0 amide bonds. The molecule has 0 bridgehead atoms. The van der Waals surface area contributed by atoms with E-state index in [1.807, 2.05) is 0 Å². The SMILES string of the molecule is CC(=O)OC[C@H]1O[C@@H](n2cnc3c2ncn2c(=O)cc(C(=O)O)nc32)[C@H](OC(C)=O)[C@@H]1OC(C)=O. The first-order valence-electron chi connectivity index (χ1n) is 10.2. The molecule has 1 fully saturated rings. The third kappa shape index (κ3) is 4.52. The fourth-order valence-corrected chi connectivity index (χ4v) is 3.73. The lowest BCUT2D eigenvalue weighted by atomic mass is 10.1. The van der Waals surface area contributed by atoms with Gasteiger partial charge in [-0.2, -0.15) is 0 Å². The summed E-state index contributed by atoms with van der Waals surface area (Å²) in [5.41, 5.74) is -1.07. The average molecular weight is 489 g/mol. The fourth-order valence-electron chi connectivity index (χ4n) is 3.73. The zero-order valence-corrected chi connectivity index (χ0v) is 18.6. The Hall–Kier alpha value is -4.40. The van der Waals surface area contributed by atoms with Crippen LogP contribution < -0.4 is 5.56 Å². The normalized spacial score (nSPS) is 21.7. The Morgan fingerprint density at radius 1 is 1.00 bits per heavy atom. The van der Waals surface area contributed by atoms with Gasteiger partial charge in [0, 0.05) is 26.8 Å². The second kappa shape index (κ2) is 9.09. The summed E-state index contributed by atoms with van der Waals surface area (Å²) in [6.45, 7) is 3.20. The number of nitrogens with zero attached hydrogens (tertiary/aromatic N) is 5. The molecule has 15 heteroatoms. The summed E-state index contributed by atoms with van der Waals surface area (Å²) in [5, 5.41) is 9.26. The van der Waals surface area contributed by atoms with Gasteiger partial charge in [-0.25, -0.2) is 24.1 Å². The van der Waals surface area contributed by atoms with E-state index in [-0.39, 0.29) is 23.4 Å². The van der Waals surface area contributed by atoms with Gasteiger partial charge in [-0.15, -0.1) is 0 Å². The van der Waals surface area contributed by atoms with Gasteiger partial charge in [-0.1, -0.05) is 0 Å². The molecule has 1 aliphatic heterocycles. The predicted octanol–water partition coefficient (Wildman–Crippen LogP) is -0.539. The molecule has 3 aromatic rings. The van der Waals surface area contributed by atoms with Gasteiger partial charge in [0.2, 0.25) is 0 Å². The molecule has 4 heterocycles. The van der Waals surface area contributed by atoms with Crippen molar-refractivity contribution in [1.82, 2.24) is 23.9 Å². The summed E-state index contributed by atoms with van der Waals surface area (Å²) >= 11 is 0. The quantitative estimate of drug-likeness (QED) is 0.343. The molecule has 1 N–H and O–H groups in total. The molecular formula is C20H19N5O10. The van der Waals surface area contributed by atoms with E-state index in [4.69, 9.17) is 18.9 Å². The van der Waals surface area contributed by atoms with Crippen molar-refractivity contribution in [3.05, 3.63) is 34.8 Å². The van der Waals surface area contributed by atoms with Gasteiger partial charge >= 0.3 is 23.9 Å². The molecule has 4 rings (SSSR count). The second-order valence-electron chi connectivity index (χ2n) is 7.56. The van der Waals surface area contributed by atoms with Crippen molar-refractivity contribution in [2.75, 3.05) is 6.61 Å². The summed E-state index contributed by atoms with van der Waals surface area (Å²) in [5.74, 6) is -3.39. The molecule has 0 radical (unpaired) electrons. The highest BCUT2D eigenvalue weighted by Crippen LogP contribution is 2.36. The number of aromatic carboxylic acids is 1. The number of rotatable bonds is 6. The average Bonchev–Trinajstić information content (AvgIpc) is 3.33. The van der Waals surface area contributed by atoms with Crippen LogP contribution in [0.25, 0.3) is 16.8 Å². The van der Waals surface area contributed by atoms with E-state index in [2.05, 4.69) is 15.0 Å². The van der Waals surface area contributed by atoms with E-state index in [0.717, 1.165) is 30.6 Å². The third-order valence-electron chi connectivity index (χ3n) is 5.06. The Morgan fingerprint density at radius 3 is 2.31 bits per heavy atom. The monoisotopic (exact) mass is 489 g/mol. The maximum Gasteiger partial charge on any atom is 0.354 e. The highest BCUT2D eigenvalue weighted by Gasteiger charge is 2.51. The van der Waals surface area contributed by atoms with E-state index in [9.17, 15) is 29.1 Å². The van der Waals surface area contributed by atoms with Crippen molar-refractivity contribution in [2.24, 2.45) is 0 Å². The topological polar surface area (TPSA) is 191 Å². The molecule has 4 atom stereocenters. The smallest absolute Gasteiger partial charge is 0.354 e. The molecule has 1 aliphatic rings. The van der Waals surface area contributed by atoms with Gasteiger partial charge in [-0.05, 0) is 0 Å². The first kappa shape index (κ1) is 23.7. The number of aromatic nitrogens is 5. The Kier molecular flexibility index (Phi) is 6.17. The van der Waals surface area contributed by atoms with Crippen LogP contribution in [-0.2, 0) is 33.3 Å². The lowest BCUT2D eigenvalue weighted by molar-refractivity contribution is -0.166. The third-order valence-corrected chi connectivity index (χ3v) is 5.06. The molecule has 0 spiro atoms. The van der Waals surface area contributed by atoms with Crippen LogP contribution in [0, 0.1) is 0 Å². The molecule has 1 saturated heterocycles. The predicted molar refractivity (Wildman–Crippen MR) is 111 cm³/mol. The molecular weight excluding hydrogens is 470 g/mol. The Morgan fingerprint density at radius 2 is 1.69 bits per heavy atom. The van der Waals surface area contributed by atoms with Crippen LogP contribution in [0.15, 0.2) is 23.5 Å². The van der Waals surface area contributed by atoms with Gasteiger partial charge in [0.1, 0.15) is 19.0 Å². The minimum Gasteiger partial charge on any atom is -0.477 e. The van der Waals surface area contributed by atoms with Crippen LogP contribution in [0.3, 0.4) is 0 Å². The zero-order chi connectivity index (χ0) is 25.4. The van der Waals surface area contributed by atoms with Gasteiger partial charge in [0.05, 0.1) is 6.33 Å². The number of carboxylic acids is 1. The van der Waals surface area contributed by atoms with Gasteiger partial charge in [0.15, 0.2) is 40.9 Å². The number of ether oxygens (including phenoxy) is 4. The molecule has 0 saturated carbocycles. The number of esters is 3. The van der Waals surface area contributed by atoms with Gasteiger partial charge in [0.25, 0.3) is 5.56 Å². The highest BCUT2D eigenvalue weighted by atomic mass is 16.7. The molecule has 0 aromatic carbocycles. The molecule has 15 nitrogen and oxygen atoms in total. The van der Waals surface area contributed by atoms with Crippen molar-refractivity contribution in [3.8, 4) is 0 Å². The maximum absolute atomic E-state index is 12.3. The number of carbonyl (C=O) groups is 4. The zero-order valence-electron chi connectivity index (χ0n) is 18.6. The van der Waals surface area contributed by atoms with Crippen LogP contribution in [0.5, 0.6) is 0 Å². The Balaban J connectivity index is 1.83. The maximum atomic E-state index is 12.3. The number of fused-ring (bicyclic) bond motifs is 3. The fraction of sp³-hybridized carbons (Fsp3) is 0.400. The summed E-state index contributed by atoms with van der Waals surface area (Å²) in [7, 11) is 0. The van der Waals surface area contributed by atoms with E-state index >= 15 is 0 Å². The molecule has 3 aromatic heterocycles. The standard InChI is InChI=1S/C20H19N5O10/c1-8(26)32-5-12-15(33-9(2)27)16(34-10(3)28)19(35-12)25-6-21-14-17(25)22-7-24-13(29)4-11(20(30)31)23-18(14)24/h4,6-7,12,15-16,19H,5H2,1-3H3,(H,30,31)/t12-,15-,16-,19-/m1/s1. The minimum atomic E-state index is -1.40. The van der Waals surface area contributed by atoms with Crippen LogP contribution in [0.2, 0.25) is 0 Å². The lowest BCUT2D eigenvalue weighted by Gasteiger charge is -2.23.